The van der Waals surface area contributed by atoms with Crippen LogP contribution >= 0.6 is 0 Å². The standard InChI is InChI=1S/C30H31NO7S/c1-5-37-28(32)30(29(33)38-6-2)26(22-14-16-24(36-4)17-15-22)20-27(23-10-8-7-9-11-23)31(30)39(34,35)25-18-12-21(3)13-19-25/h7-20,27H,5-6H2,1-4H3/t27-/m1/s1. The maximum atomic E-state index is 14.5. The average Bonchev–Trinajstić information content (AvgIpc) is 3.32. The number of ether oxygens (including phenoxy) is 3. The van der Waals surface area contributed by atoms with Crippen LogP contribution in [0.3, 0.4) is 0 Å². The molecule has 3 aromatic rings. The normalized spacial score (nSPS) is 16.8. The molecule has 0 spiro atoms. The van der Waals surface area contributed by atoms with Gasteiger partial charge in [0, 0.05) is 5.57 Å². The van der Waals surface area contributed by atoms with Crippen molar-refractivity contribution in [1.29, 1.82) is 0 Å². The van der Waals surface area contributed by atoms with Crippen LogP contribution in [0, 0.1) is 6.92 Å². The van der Waals surface area contributed by atoms with Gasteiger partial charge >= 0.3 is 11.9 Å². The summed E-state index contributed by atoms with van der Waals surface area (Å²) in [6.07, 6.45) is 1.62. The second kappa shape index (κ2) is 11.4. The Balaban J connectivity index is 2.10. The lowest BCUT2D eigenvalue weighted by Crippen LogP contribution is -2.61. The Kier molecular flexibility index (Phi) is 8.22. The van der Waals surface area contributed by atoms with Crippen molar-refractivity contribution >= 4 is 27.5 Å². The van der Waals surface area contributed by atoms with Crippen molar-refractivity contribution in [3.63, 3.8) is 0 Å². The van der Waals surface area contributed by atoms with Crippen LogP contribution in [0.25, 0.3) is 5.57 Å². The fourth-order valence-corrected chi connectivity index (χ4v) is 6.54. The number of aryl methyl sites for hydroxylation is 1. The molecule has 1 atom stereocenters. The molecule has 3 aromatic carbocycles. The van der Waals surface area contributed by atoms with E-state index < -0.39 is 33.5 Å². The molecule has 0 aromatic heterocycles. The van der Waals surface area contributed by atoms with Crippen LogP contribution in [0.1, 0.15) is 36.6 Å². The van der Waals surface area contributed by atoms with E-state index in [9.17, 15) is 18.0 Å². The lowest BCUT2D eigenvalue weighted by molar-refractivity contribution is -0.166. The maximum Gasteiger partial charge on any atom is 0.344 e. The van der Waals surface area contributed by atoms with Crippen molar-refractivity contribution in [2.45, 2.75) is 37.2 Å². The van der Waals surface area contributed by atoms with Crippen LogP contribution in [0.5, 0.6) is 5.75 Å². The van der Waals surface area contributed by atoms with E-state index >= 15 is 0 Å². The largest absolute Gasteiger partial charge is 0.497 e. The van der Waals surface area contributed by atoms with Crippen LogP contribution in [-0.4, -0.2) is 50.5 Å². The number of esters is 2. The van der Waals surface area contributed by atoms with Gasteiger partial charge in [-0.05, 0) is 56.2 Å². The minimum Gasteiger partial charge on any atom is -0.497 e. The molecule has 0 radical (unpaired) electrons. The van der Waals surface area contributed by atoms with Gasteiger partial charge in [0.1, 0.15) is 5.75 Å². The van der Waals surface area contributed by atoms with Gasteiger partial charge in [0.25, 0.3) is 5.54 Å². The van der Waals surface area contributed by atoms with Gasteiger partial charge in [-0.25, -0.2) is 18.0 Å². The molecule has 1 aliphatic rings. The summed E-state index contributed by atoms with van der Waals surface area (Å²) in [7, 11) is -2.97. The monoisotopic (exact) mass is 549 g/mol. The average molecular weight is 550 g/mol. The highest BCUT2D eigenvalue weighted by atomic mass is 32.2. The minimum atomic E-state index is -4.49. The maximum absolute atomic E-state index is 14.5. The predicted molar refractivity (Wildman–Crippen MR) is 146 cm³/mol. The number of hydrogen-bond donors (Lipinski definition) is 0. The molecule has 1 heterocycles. The van der Waals surface area contributed by atoms with Gasteiger partial charge in [-0.1, -0.05) is 66.2 Å². The number of nitrogens with zero attached hydrogens (tertiary/aromatic N) is 1. The highest BCUT2D eigenvalue weighted by molar-refractivity contribution is 7.89. The SMILES string of the molecule is CCOC(=O)C1(C(=O)OCC)C(c2ccc(OC)cc2)=C[C@H](c2ccccc2)N1S(=O)(=O)c1ccc(C)cc1. The Bertz CT molecular complexity index is 1450. The van der Waals surface area contributed by atoms with Crippen molar-refractivity contribution in [2.24, 2.45) is 0 Å². The third kappa shape index (κ3) is 4.95. The Morgan fingerprint density at radius 1 is 0.846 bits per heavy atom. The molecule has 4 rings (SSSR count). The zero-order valence-corrected chi connectivity index (χ0v) is 23.1. The number of rotatable bonds is 9. The van der Waals surface area contributed by atoms with Gasteiger partial charge in [-0.3, -0.25) is 0 Å². The summed E-state index contributed by atoms with van der Waals surface area (Å²) < 4.78 is 46.1. The molecule has 0 saturated carbocycles. The highest BCUT2D eigenvalue weighted by Gasteiger charge is 2.66. The second-order valence-corrected chi connectivity index (χ2v) is 10.7. The number of carbonyl (C=O) groups excluding carboxylic acids is 2. The van der Waals surface area contributed by atoms with E-state index in [-0.39, 0.29) is 23.7 Å². The van der Waals surface area contributed by atoms with E-state index in [1.165, 1.54) is 19.2 Å². The topological polar surface area (TPSA) is 99.2 Å². The van der Waals surface area contributed by atoms with Crippen LogP contribution < -0.4 is 4.74 Å². The molecule has 0 N–H and O–H groups in total. The Labute approximate surface area is 228 Å². The lowest BCUT2D eigenvalue weighted by Gasteiger charge is -2.38. The van der Waals surface area contributed by atoms with E-state index in [0.29, 0.717) is 16.9 Å². The molecular formula is C30H31NO7S. The minimum absolute atomic E-state index is 0.0728. The number of methoxy groups -OCH3 is 1. The molecule has 8 nitrogen and oxygen atoms in total. The van der Waals surface area contributed by atoms with Crippen molar-refractivity contribution in [1.82, 2.24) is 4.31 Å². The predicted octanol–water partition coefficient (Wildman–Crippen LogP) is 4.70. The molecule has 0 bridgehead atoms. The summed E-state index contributed by atoms with van der Waals surface area (Å²) in [5.74, 6) is -1.53. The number of carbonyl (C=O) groups is 2. The molecule has 0 fully saturated rings. The van der Waals surface area contributed by atoms with Gasteiger partial charge in [0.15, 0.2) is 0 Å². The summed E-state index contributed by atoms with van der Waals surface area (Å²) in [6, 6.07) is 20.7. The number of benzene rings is 3. The smallest absolute Gasteiger partial charge is 0.344 e. The summed E-state index contributed by atoms with van der Waals surface area (Å²) in [5, 5.41) is 0. The fourth-order valence-electron chi connectivity index (χ4n) is 4.74. The van der Waals surface area contributed by atoms with Crippen molar-refractivity contribution in [3.05, 3.63) is 102 Å². The first-order valence-electron chi connectivity index (χ1n) is 12.6. The van der Waals surface area contributed by atoms with Crippen molar-refractivity contribution < 1.29 is 32.2 Å². The van der Waals surface area contributed by atoms with E-state index in [0.717, 1.165) is 9.87 Å². The van der Waals surface area contributed by atoms with E-state index in [2.05, 4.69) is 0 Å². The van der Waals surface area contributed by atoms with Crippen LogP contribution in [0.4, 0.5) is 0 Å². The molecule has 0 aliphatic carbocycles. The van der Waals surface area contributed by atoms with E-state index in [1.807, 2.05) is 6.92 Å². The first kappa shape index (κ1) is 28.1. The van der Waals surface area contributed by atoms with Crippen LogP contribution in [0.15, 0.2) is 89.8 Å². The second-order valence-electron chi connectivity index (χ2n) is 8.93. The third-order valence-corrected chi connectivity index (χ3v) is 8.45. The van der Waals surface area contributed by atoms with Crippen molar-refractivity contribution in [2.75, 3.05) is 20.3 Å². The Morgan fingerprint density at radius 3 is 1.92 bits per heavy atom. The van der Waals surface area contributed by atoms with Gasteiger partial charge in [0.2, 0.25) is 10.0 Å². The molecule has 0 saturated heterocycles. The molecule has 204 valence electrons. The molecule has 1 aliphatic heterocycles. The van der Waals surface area contributed by atoms with Gasteiger partial charge in [0.05, 0.1) is 31.3 Å². The molecule has 0 unspecified atom stereocenters. The molecule has 39 heavy (non-hydrogen) atoms. The van der Waals surface area contributed by atoms with E-state index in [1.54, 1.807) is 86.7 Å². The van der Waals surface area contributed by atoms with Crippen molar-refractivity contribution in [3.8, 4) is 5.75 Å². The van der Waals surface area contributed by atoms with E-state index in [4.69, 9.17) is 14.2 Å². The zero-order chi connectivity index (χ0) is 28.2. The fraction of sp³-hybridized carbons (Fsp3) is 0.267. The third-order valence-electron chi connectivity index (χ3n) is 6.56. The summed E-state index contributed by atoms with van der Waals surface area (Å²) in [5.41, 5.74) is -0.444. The highest BCUT2D eigenvalue weighted by Crippen LogP contribution is 2.51. The number of sulfonamides is 1. The molecule has 0 amide bonds. The quantitative estimate of drug-likeness (QED) is 0.282. The lowest BCUT2D eigenvalue weighted by atomic mass is 9.86. The zero-order valence-electron chi connectivity index (χ0n) is 22.3. The first-order chi connectivity index (χ1) is 18.7. The van der Waals surface area contributed by atoms with Crippen LogP contribution in [0.2, 0.25) is 0 Å². The molecule has 9 heteroatoms. The Hall–Kier alpha value is -3.95. The van der Waals surface area contributed by atoms with Gasteiger partial charge < -0.3 is 14.2 Å². The van der Waals surface area contributed by atoms with Crippen LogP contribution in [-0.2, 0) is 29.1 Å². The van der Waals surface area contributed by atoms with Gasteiger partial charge in [-0.15, -0.1) is 0 Å². The summed E-state index contributed by atoms with van der Waals surface area (Å²) >= 11 is 0. The Morgan fingerprint density at radius 2 is 1.41 bits per heavy atom. The summed E-state index contributed by atoms with van der Waals surface area (Å²) in [4.78, 5) is 28.0. The molecular weight excluding hydrogens is 518 g/mol. The first-order valence-corrected chi connectivity index (χ1v) is 14.0. The summed E-state index contributed by atoms with van der Waals surface area (Å²) in [6.45, 7) is 4.87. The van der Waals surface area contributed by atoms with Gasteiger partial charge in [-0.2, -0.15) is 4.31 Å². The number of hydrogen-bond acceptors (Lipinski definition) is 7.